The minimum absolute atomic E-state index is 0.705. The second-order valence-electron chi connectivity index (χ2n) is 5.74. The topological polar surface area (TPSA) is 203 Å². The summed E-state index contributed by atoms with van der Waals surface area (Å²) in [6, 6.07) is 0. The van der Waals surface area contributed by atoms with E-state index >= 15 is 0 Å². The normalized spacial score (nSPS) is 50.9. The Kier molecular flexibility index (Phi) is 6.46. The lowest BCUT2D eigenvalue weighted by atomic mass is 9.97. The first kappa shape index (κ1) is 19.8. The highest BCUT2D eigenvalue weighted by Gasteiger charge is 2.57. The maximum Gasteiger partial charge on any atom is 0.330 e. The molecular weight excluding hydrogens is 336 g/mol. The number of aliphatic hydroxyl groups excluding tert-OH is 8. The van der Waals surface area contributed by atoms with E-state index in [1.165, 1.54) is 0 Å². The third-order valence-corrected chi connectivity index (χ3v) is 4.22. The highest BCUT2D eigenvalue weighted by molar-refractivity contribution is 4.94. The quantitative estimate of drug-likeness (QED) is 0.171. The molecule has 2 aliphatic rings. The van der Waals surface area contributed by atoms with Gasteiger partial charge in [0.15, 0.2) is 18.5 Å². The van der Waals surface area contributed by atoms with Gasteiger partial charge in [-0.15, -0.1) is 5.26 Å². The van der Waals surface area contributed by atoms with E-state index in [4.69, 9.17) is 14.6 Å². The zero-order chi connectivity index (χ0) is 18.2. The number of hydrogen-bond acceptors (Lipinski definition) is 11. The lowest BCUT2D eigenvalue weighted by Crippen LogP contribution is -2.66. The number of ether oxygens (including phenoxy) is 2. The van der Waals surface area contributed by atoms with Crippen LogP contribution in [0.15, 0.2) is 0 Å². The zero-order valence-corrected chi connectivity index (χ0v) is 12.4. The van der Waals surface area contributed by atoms with Crippen molar-refractivity contribution in [2.24, 2.45) is 0 Å². The fourth-order valence-electron chi connectivity index (χ4n) is 2.73. The number of hydrogen-bond donors (Lipinski definition) is 9. The standard InChI is InChI=1S/C12H23O12/c13-1-3-5(15)6(16)9(19)12(22-3)23-10-4(2-14)24(21)11(20)8(18)7(10)17/h3-21H,1-2H2/q+1/t3-,4-,5+,6+,7-,8-,9-,10-,11+,12+/m1/s1. The third kappa shape index (κ3) is 3.41. The van der Waals surface area contributed by atoms with Crippen LogP contribution in [-0.2, 0) is 14.0 Å². The van der Waals surface area contributed by atoms with Gasteiger partial charge in [0.1, 0.15) is 37.1 Å². The first-order valence-electron chi connectivity index (χ1n) is 7.26. The Labute approximate surface area is 135 Å². The van der Waals surface area contributed by atoms with E-state index in [1.807, 2.05) is 0 Å². The van der Waals surface area contributed by atoms with Crippen LogP contribution in [0.2, 0.25) is 0 Å². The van der Waals surface area contributed by atoms with Gasteiger partial charge in [0, 0.05) is 0 Å². The van der Waals surface area contributed by atoms with Crippen molar-refractivity contribution in [1.82, 2.24) is 0 Å². The average Bonchev–Trinajstić information content (AvgIpc) is 2.58. The van der Waals surface area contributed by atoms with E-state index in [2.05, 4.69) is 0 Å². The Morgan fingerprint density at radius 3 is 1.96 bits per heavy atom. The van der Waals surface area contributed by atoms with E-state index < -0.39 is 74.6 Å². The van der Waals surface area contributed by atoms with Crippen LogP contribution >= 0.6 is 0 Å². The molecule has 0 aromatic carbocycles. The SMILES string of the molecule is OC[C@@H]1[C@@H](O[C@@H]2O[C@H](CO)[C@H](O)[C@H](O)[C@H]2O)[C@H](O)[C@@H](O)[C@@H](O)[O+]1O. The molecule has 9 N–H and O–H groups in total. The smallest absolute Gasteiger partial charge is 0.330 e. The molecule has 0 radical (unpaired) electrons. The van der Waals surface area contributed by atoms with E-state index in [0.717, 1.165) is 4.52 Å². The van der Waals surface area contributed by atoms with Gasteiger partial charge >= 0.3 is 6.29 Å². The van der Waals surface area contributed by atoms with Crippen molar-refractivity contribution in [3.05, 3.63) is 0 Å². The monoisotopic (exact) mass is 359 g/mol. The van der Waals surface area contributed by atoms with E-state index in [-0.39, 0.29) is 0 Å². The molecule has 142 valence electrons. The molecular formula is C12H23O12+. The average molecular weight is 359 g/mol. The van der Waals surface area contributed by atoms with Gasteiger partial charge in [0.25, 0.3) is 0 Å². The van der Waals surface area contributed by atoms with Gasteiger partial charge in [-0.1, -0.05) is 0 Å². The molecule has 0 saturated carbocycles. The molecule has 12 heteroatoms. The summed E-state index contributed by atoms with van der Waals surface area (Å²) in [6.45, 7) is -1.53. The highest BCUT2D eigenvalue weighted by Crippen LogP contribution is 2.31. The molecule has 0 aliphatic carbocycles. The van der Waals surface area contributed by atoms with Crippen LogP contribution < -0.4 is 0 Å². The van der Waals surface area contributed by atoms with Gasteiger partial charge in [0.05, 0.1) is 6.61 Å². The molecule has 0 bridgehead atoms. The van der Waals surface area contributed by atoms with Crippen molar-refractivity contribution in [1.29, 1.82) is 0 Å². The van der Waals surface area contributed by atoms with Crippen LogP contribution in [0.1, 0.15) is 0 Å². The van der Waals surface area contributed by atoms with E-state index in [0.29, 0.717) is 0 Å². The van der Waals surface area contributed by atoms with E-state index in [1.54, 1.807) is 0 Å². The third-order valence-electron chi connectivity index (χ3n) is 4.22. The van der Waals surface area contributed by atoms with Crippen molar-refractivity contribution in [2.75, 3.05) is 13.2 Å². The second-order valence-corrected chi connectivity index (χ2v) is 5.74. The lowest BCUT2D eigenvalue weighted by molar-refractivity contribution is -0.564. The van der Waals surface area contributed by atoms with Crippen LogP contribution in [0, 0.1) is 0 Å². The fraction of sp³-hybridized carbons (Fsp3) is 1.00. The molecule has 0 amide bonds. The summed E-state index contributed by atoms with van der Waals surface area (Å²) in [6.07, 6.45) is -16.7. The van der Waals surface area contributed by atoms with Crippen LogP contribution in [0.5, 0.6) is 0 Å². The summed E-state index contributed by atoms with van der Waals surface area (Å²) in [5.41, 5.74) is 0. The van der Waals surface area contributed by atoms with Crippen LogP contribution in [-0.4, -0.2) is 121 Å². The Morgan fingerprint density at radius 1 is 0.792 bits per heavy atom. The maximum atomic E-state index is 9.99. The summed E-state index contributed by atoms with van der Waals surface area (Å²) >= 11 is 0. The molecule has 2 fully saturated rings. The van der Waals surface area contributed by atoms with Crippen molar-refractivity contribution in [2.45, 2.75) is 61.4 Å². The summed E-state index contributed by atoms with van der Waals surface area (Å²) in [7, 11) is 0. The molecule has 2 saturated heterocycles. The molecule has 2 heterocycles. The molecule has 0 unspecified atom stereocenters. The Bertz CT molecular complexity index is 407. The molecule has 24 heavy (non-hydrogen) atoms. The van der Waals surface area contributed by atoms with E-state index in [9.17, 15) is 41.0 Å². The highest BCUT2D eigenvalue weighted by atomic mass is 17.3. The largest absolute Gasteiger partial charge is 0.394 e. The Hall–Kier alpha value is -0.480. The predicted molar refractivity (Wildman–Crippen MR) is 71.2 cm³/mol. The summed E-state index contributed by atoms with van der Waals surface area (Å²) in [4.78, 5) is 0. The number of rotatable bonds is 4. The van der Waals surface area contributed by atoms with Crippen LogP contribution in [0.25, 0.3) is 0 Å². The van der Waals surface area contributed by atoms with Crippen molar-refractivity contribution >= 4 is 0 Å². The summed E-state index contributed by atoms with van der Waals surface area (Å²) < 4.78 is 11.4. The van der Waals surface area contributed by atoms with Gasteiger partial charge in [-0.05, 0) is 0 Å². The van der Waals surface area contributed by atoms with Gasteiger partial charge in [-0.25, -0.2) is 4.52 Å². The predicted octanol–water partition coefficient (Wildman–Crippen LogP) is -5.39. The Morgan fingerprint density at radius 2 is 1.42 bits per heavy atom. The molecule has 0 aromatic heterocycles. The molecule has 12 nitrogen and oxygen atoms in total. The molecule has 0 aromatic rings. The van der Waals surface area contributed by atoms with Crippen molar-refractivity contribution in [3.63, 3.8) is 0 Å². The van der Waals surface area contributed by atoms with Gasteiger partial charge < -0.3 is 50.3 Å². The summed E-state index contributed by atoms with van der Waals surface area (Å²) in [5, 5.41) is 86.5. The van der Waals surface area contributed by atoms with Crippen molar-refractivity contribution < 1.29 is 60.1 Å². The summed E-state index contributed by atoms with van der Waals surface area (Å²) in [5.74, 6) is 0. The van der Waals surface area contributed by atoms with Gasteiger partial charge in [0.2, 0.25) is 6.10 Å². The molecule has 2 rings (SSSR count). The molecule has 10 atom stereocenters. The zero-order valence-electron chi connectivity index (χ0n) is 12.4. The minimum Gasteiger partial charge on any atom is -0.394 e. The van der Waals surface area contributed by atoms with Crippen molar-refractivity contribution in [3.8, 4) is 0 Å². The van der Waals surface area contributed by atoms with Gasteiger partial charge in [-0.3, -0.25) is 0 Å². The fourth-order valence-corrected chi connectivity index (χ4v) is 2.73. The Balaban J connectivity index is 2.17. The minimum atomic E-state index is -1.97. The van der Waals surface area contributed by atoms with Crippen LogP contribution in [0.3, 0.4) is 0 Å². The number of aliphatic hydroxyl groups is 8. The first-order chi connectivity index (χ1) is 11.2. The lowest BCUT2D eigenvalue weighted by Gasteiger charge is -2.44. The van der Waals surface area contributed by atoms with Crippen LogP contribution in [0.4, 0.5) is 0 Å². The molecule has 0 spiro atoms. The first-order valence-corrected chi connectivity index (χ1v) is 7.26. The molecule has 2 aliphatic heterocycles. The maximum absolute atomic E-state index is 9.99. The van der Waals surface area contributed by atoms with Gasteiger partial charge in [-0.2, -0.15) is 0 Å². The second kappa shape index (κ2) is 7.82.